The second kappa shape index (κ2) is 3.68. The first-order chi connectivity index (χ1) is 6.02. The van der Waals surface area contributed by atoms with Crippen molar-refractivity contribution in [1.82, 2.24) is 20.5 Å². The minimum absolute atomic E-state index is 0.0729. The van der Waals surface area contributed by atoms with E-state index in [2.05, 4.69) is 27.8 Å². The molecule has 72 valence electrons. The molecule has 5 N–H and O–H groups in total. The van der Waals surface area contributed by atoms with E-state index in [1.807, 2.05) is 4.83 Å². The van der Waals surface area contributed by atoms with Crippen molar-refractivity contribution in [3.05, 3.63) is 12.3 Å². The van der Waals surface area contributed by atoms with E-state index in [0.29, 0.717) is 0 Å². The fourth-order valence-electron chi connectivity index (χ4n) is 0.565. The normalized spacial score (nSPS) is 11.1. The molecule has 0 aliphatic heterocycles. The number of H-pyrrole nitrogens is 1. The molecule has 0 amide bonds. The molecule has 1 rings (SSSR count). The average Bonchev–Trinajstić information content (AvgIpc) is 2.53. The molecule has 0 fully saturated rings. The van der Waals surface area contributed by atoms with Crippen LogP contribution in [-0.2, 0) is 10.0 Å². The number of sulfonamides is 1. The average molecular weight is 221 g/mol. The summed E-state index contributed by atoms with van der Waals surface area (Å²) in [5, 5.41) is 5.52. The van der Waals surface area contributed by atoms with E-state index in [4.69, 9.17) is 5.73 Å². The zero-order valence-corrected chi connectivity index (χ0v) is 7.95. The van der Waals surface area contributed by atoms with Gasteiger partial charge in [-0.05, 0) is 18.3 Å². The van der Waals surface area contributed by atoms with Crippen LogP contribution in [0, 0.1) is 0 Å². The highest BCUT2D eigenvalue weighted by atomic mass is 32.2. The molecule has 7 nitrogen and oxygen atoms in total. The molecule has 1 aromatic heterocycles. The highest BCUT2D eigenvalue weighted by Crippen LogP contribution is 1.99. The van der Waals surface area contributed by atoms with Crippen molar-refractivity contribution in [2.45, 2.75) is 5.03 Å². The monoisotopic (exact) mass is 221 g/mol. The summed E-state index contributed by atoms with van der Waals surface area (Å²) in [6.45, 7) is 0. The van der Waals surface area contributed by atoms with Crippen molar-refractivity contribution >= 4 is 27.4 Å². The number of aromatic nitrogens is 2. The van der Waals surface area contributed by atoms with Gasteiger partial charge in [-0.25, -0.2) is 8.42 Å². The summed E-state index contributed by atoms with van der Waals surface area (Å²) in [6, 6.07) is 1.30. The molecule has 1 aromatic rings. The Kier molecular flexibility index (Phi) is 2.80. The predicted octanol–water partition coefficient (Wildman–Crippen LogP) is -1.56. The van der Waals surface area contributed by atoms with E-state index in [1.54, 1.807) is 0 Å². The van der Waals surface area contributed by atoms with Gasteiger partial charge in [-0.3, -0.25) is 10.5 Å². The molecule has 13 heavy (non-hydrogen) atoms. The lowest BCUT2D eigenvalue weighted by Gasteiger charge is -2.04. The molecule has 0 spiro atoms. The molecular formula is C4H7N5O2S2. The Balaban J connectivity index is 2.74. The summed E-state index contributed by atoms with van der Waals surface area (Å²) in [5.74, 6) is 0. The van der Waals surface area contributed by atoms with Gasteiger partial charge in [0.15, 0.2) is 10.1 Å². The van der Waals surface area contributed by atoms with Gasteiger partial charge in [0, 0.05) is 0 Å². The Bertz CT molecular complexity index is 383. The third-order valence-corrected chi connectivity index (χ3v) is 2.35. The lowest BCUT2D eigenvalue weighted by atomic mass is 10.8. The van der Waals surface area contributed by atoms with Crippen molar-refractivity contribution in [2.24, 2.45) is 5.73 Å². The van der Waals surface area contributed by atoms with Gasteiger partial charge in [-0.15, -0.1) is 4.83 Å². The smallest absolute Gasteiger partial charge is 0.274 e. The third-order valence-electron chi connectivity index (χ3n) is 1.07. The highest BCUT2D eigenvalue weighted by Gasteiger charge is 2.14. The van der Waals surface area contributed by atoms with Crippen LogP contribution in [0.25, 0.3) is 0 Å². The first kappa shape index (κ1) is 9.89. The topological polar surface area (TPSA) is 113 Å². The molecule has 0 aromatic carbocycles. The predicted molar refractivity (Wildman–Crippen MR) is 48.8 cm³/mol. The molecule has 0 unspecified atom stereocenters. The van der Waals surface area contributed by atoms with Gasteiger partial charge in [0.25, 0.3) is 10.0 Å². The van der Waals surface area contributed by atoms with Crippen LogP contribution in [0.5, 0.6) is 0 Å². The number of nitrogens with two attached hydrogens (primary N) is 1. The third kappa shape index (κ3) is 2.65. The van der Waals surface area contributed by atoms with Crippen LogP contribution >= 0.6 is 12.2 Å². The van der Waals surface area contributed by atoms with Crippen molar-refractivity contribution < 1.29 is 8.42 Å². The van der Waals surface area contributed by atoms with E-state index in [9.17, 15) is 8.42 Å². The fourth-order valence-corrected chi connectivity index (χ4v) is 1.45. The van der Waals surface area contributed by atoms with Gasteiger partial charge in [-0.2, -0.15) is 5.10 Å². The van der Waals surface area contributed by atoms with Gasteiger partial charge in [0.05, 0.1) is 6.20 Å². The molecule has 0 saturated carbocycles. The van der Waals surface area contributed by atoms with Crippen molar-refractivity contribution in [3.8, 4) is 0 Å². The number of thiocarbonyl (C=S) groups is 1. The second-order valence-corrected chi connectivity index (χ2v) is 4.11. The molecule has 0 aliphatic rings. The summed E-state index contributed by atoms with van der Waals surface area (Å²) in [7, 11) is -3.66. The van der Waals surface area contributed by atoms with Crippen LogP contribution in [0.2, 0.25) is 0 Å². The summed E-state index contributed by atoms with van der Waals surface area (Å²) >= 11 is 4.41. The number of nitrogens with one attached hydrogen (secondary N) is 3. The van der Waals surface area contributed by atoms with Gasteiger partial charge in [0.1, 0.15) is 0 Å². The second-order valence-electron chi connectivity index (χ2n) is 2.02. The maximum absolute atomic E-state index is 11.2. The lowest BCUT2D eigenvalue weighted by molar-refractivity contribution is 0.573. The standard InChI is InChI=1S/C4H7N5O2S2/c5-4(12)8-9-13(10,11)3-1-2-6-7-3/h1-2,9H,(H,6,7)(H3,5,8,12). The van der Waals surface area contributed by atoms with Crippen molar-refractivity contribution in [2.75, 3.05) is 0 Å². The quantitative estimate of drug-likeness (QED) is 0.362. The Labute approximate surface area is 79.7 Å². The minimum atomic E-state index is -3.66. The lowest BCUT2D eigenvalue weighted by Crippen LogP contribution is -2.44. The maximum atomic E-state index is 11.2. The van der Waals surface area contributed by atoms with E-state index < -0.39 is 10.0 Å². The Morgan fingerprint density at radius 1 is 1.69 bits per heavy atom. The number of hydrogen-bond acceptors (Lipinski definition) is 4. The molecule has 0 bridgehead atoms. The Hall–Kier alpha value is -1.19. The first-order valence-electron chi connectivity index (χ1n) is 3.09. The number of aromatic amines is 1. The van der Waals surface area contributed by atoms with Crippen LogP contribution in [0.4, 0.5) is 0 Å². The molecule has 0 atom stereocenters. The Morgan fingerprint density at radius 3 is 2.85 bits per heavy atom. The molecule has 9 heteroatoms. The number of nitrogens with zero attached hydrogens (tertiary/aromatic N) is 1. The minimum Gasteiger partial charge on any atom is -0.375 e. The molecule has 0 saturated heterocycles. The van der Waals surface area contributed by atoms with Gasteiger partial charge >= 0.3 is 0 Å². The summed E-state index contributed by atoms with van der Waals surface area (Å²) in [4.78, 5) is 1.95. The van der Waals surface area contributed by atoms with Crippen LogP contribution in [0.3, 0.4) is 0 Å². The largest absolute Gasteiger partial charge is 0.375 e. The molecule has 0 aliphatic carbocycles. The van der Waals surface area contributed by atoms with E-state index in [1.165, 1.54) is 12.3 Å². The van der Waals surface area contributed by atoms with Gasteiger partial charge in [-0.1, -0.05) is 0 Å². The van der Waals surface area contributed by atoms with Crippen LogP contribution < -0.4 is 16.0 Å². The summed E-state index contributed by atoms with van der Waals surface area (Å²) < 4.78 is 22.5. The van der Waals surface area contributed by atoms with Crippen LogP contribution in [0.1, 0.15) is 0 Å². The van der Waals surface area contributed by atoms with Crippen molar-refractivity contribution in [3.63, 3.8) is 0 Å². The Morgan fingerprint density at radius 2 is 2.38 bits per heavy atom. The molecular weight excluding hydrogens is 214 g/mol. The van der Waals surface area contributed by atoms with E-state index in [0.717, 1.165) is 0 Å². The fraction of sp³-hybridized carbons (Fsp3) is 0. The van der Waals surface area contributed by atoms with Crippen LogP contribution in [0.15, 0.2) is 17.3 Å². The number of rotatable bonds is 3. The van der Waals surface area contributed by atoms with Gasteiger partial charge < -0.3 is 5.73 Å². The van der Waals surface area contributed by atoms with Crippen LogP contribution in [-0.4, -0.2) is 23.7 Å². The first-order valence-corrected chi connectivity index (χ1v) is 4.98. The molecule has 0 radical (unpaired) electrons. The zero-order valence-electron chi connectivity index (χ0n) is 6.31. The summed E-state index contributed by atoms with van der Waals surface area (Å²) in [5.41, 5.74) is 7.12. The highest BCUT2D eigenvalue weighted by molar-refractivity contribution is 7.89. The molecule has 1 heterocycles. The maximum Gasteiger partial charge on any atom is 0.274 e. The number of hydrogen-bond donors (Lipinski definition) is 4. The number of hydrazine groups is 1. The summed E-state index contributed by atoms with van der Waals surface area (Å²) in [6.07, 6.45) is 1.31. The van der Waals surface area contributed by atoms with E-state index >= 15 is 0 Å². The SMILES string of the molecule is NC(=S)NNS(=O)(=O)c1ccn[nH]1. The van der Waals surface area contributed by atoms with Gasteiger partial charge in [0.2, 0.25) is 0 Å². The van der Waals surface area contributed by atoms with E-state index in [-0.39, 0.29) is 10.1 Å². The zero-order chi connectivity index (χ0) is 9.90. The van der Waals surface area contributed by atoms with Crippen molar-refractivity contribution in [1.29, 1.82) is 0 Å².